The van der Waals surface area contributed by atoms with Crippen molar-refractivity contribution in [2.24, 2.45) is 0 Å². The summed E-state index contributed by atoms with van der Waals surface area (Å²) in [5, 5.41) is 8.24. The van der Waals surface area contributed by atoms with E-state index in [-0.39, 0.29) is 18.4 Å². The van der Waals surface area contributed by atoms with Crippen molar-refractivity contribution in [3.63, 3.8) is 0 Å². The van der Waals surface area contributed by atoms with Crippen molar-refractivity contribution in [1.82, 2.24) is 16.0 Å². The van der Waals surface area contributed by atoms with Gasteiger partial charge < -0.3 is 16.0 Å². The smallest absolute Gasteiger partial charge is 0.239 e. The Kier molecular flexibility index (Phi) is 4.39. The number of amides is 2. The number of carbonyl (C=O) groups is 2. The van der Waals surface area contributed by atoms with Gasteiger partial charge in [0.2, 0.25) is 11.8 Å². The van der Waals surface area contributed by atoms with Crippen molar-refractivity contribution in [2.75, 3.05) is 20.1 Å². The van der Waals surface area contributed by atoms with Crippen LogP contribution < -0.4 is 16.0 Å². The molecule has 0 aliphatic carbocycles. The molecule has 0 spiro atoms. The fourth-order valence-corrected chi connectivity index (χ4v) is 1.49. The Labute approximate surface area is 83.6 Å². The Bertz CT molecular complexity index is 212. The lowest BCUT2D eigenvalue weighted by Crippen LogP contribution is -2.37. The average molecular weight is 199 g/mol. The van der Waals surface area contributed by atoms with Crippen LogP contribution >= 0.6 is 0 Å². The second-order valence-corrected chi connectivity index (χ2v) is 3.45. The van der Waals surface area contributed by atoms with Crippen molar-refractivity contribution in [3.8, 4) is 0 Å². The zero-order valence-corrected chi connectivity index (χ0v) is 8.43. The highest BCUT2D eigenvalue weighted by Crippen LogP contribution is 2.07. The standard InChI is InChI=1S/C9H17N3O2/c1-10-9(14)6-12-8(13)5-7-3-2-4-11-7/h7,11H,2-6H2,1H3,(H,10,14)(H,12,13). The molecule has 0 saturated carbocycles. The lowest BCUT2D eigenvalue weighted by molar-refractivity contribution is -0.126. The van der Waals surface area contributed by atoms with E-state index >= 15 is 0 Å². The molecule has 5 nitrogen and oxygen atoms in total. The highest BCUT2D eigenvalue weighted by molar-refractivity contribution is 5.84. The molecule has 1 atom stereocenters. The molecule has 3 N–H and O–H groups in total. The van der Waals surface area contributed by atoms with Crippen molar-refractivity contribution in [1.29, 1.82) is 0 Å². The summed E-state index contributed by atoms with van der Waals surface area (Å²) in [6, 6.07) is 0.291. The summed E-state index contributed by atoms with van der Waals surface area (Å²) in [4.78, 5) is 22.1. The molecule has 14 heavy (non-hydrogen) atoms. The zero-order chi connectivity index (χ0) is 10.4. The summed E-state index contributed by atoms with van der Waals surface area (Å²) in [6.45, 7) is 1.06. The van der Waals surface area contributed by atoms with Gasteiger partial charge >= 0.3 is 0 Å². The van der Waals surface area contributed by atoms with Gasteiger partial charge in [0.05, 0.1) is 6.54 Å². The highest BCUT2D eigenvalue weighted by atomic mass is 16.2. The third kappa shape index (κ3) is 3.74. The van der Waals surface area contributed by atoms with Gasteiger partial charge in [-0.2, -0.15) is 0 Å². The molecule has 5 heteroatoms. The van der Waals surface area contributed by atoms with E-state index in [9.17, 15) is 9.59 Å². The Morgan fingerprint density at radius 1 is 1.43 bits per heavy atom. The lowest BCUT2D eigenvalue weighted by atomic mass is 10.1. The average Bonchev–Trinajstić information content (AvgIpc) is 2.66. The maximum absolute atomic E-state index is 11.3. The van der Waals surface area contributed by atoms with Crippen LogP contribution in [0.3, 0.4) is 0 Å². The second kappa shape index (κ2) is 5.59. The minimum atomic E-state index is -0.169. The van der Waals surface area contributed by atoms with Crippen LogP contribution in [-0.4, -0.2) is 38.0 Å². The summed E-state index contributed by atoms with van der Waals surface area (Å²) in [5.41, 5.74) is 0. The molecular weight excluding hydrogens is 182 g/mol. The fourth-order valence-electron chi connectivity index (χ4n) is 1.49. The van der Waals surface area contributed by atoms with Crippen LogP contribution in [-0.2, 0) is 9.59 Å². The zero-order valence-electron chi connectivity index (χ0n) is 8.43. The van der Waals surface area contributed by atoms with Gasteiger partial charge in [0.1, 0.15) is 0 Å². The number of likely N-dealkylation sites (N-methyl/N-ethyl adjacent to an activating group) is 1. The fraction of sp³-hybridized carbons (Fsp3) is 0.778. The van der Waals surface area contributed by atoms with E-state index < -0.39 is 0 Å². The molecule has 1 heterocycles. The first kappa shape index (κ1) is 11.0. The van der Waals surface area contributed by atoms with Crippen LogP contribution in [0.5, 0.6) is 0 Å². The third-order valence-electron chi connectivity index (χ3n) is 2.32. The largest absolute Gasteiger partial charge is 0.358 e. The molecule has 0 radical (unpaired) electrons. The van der Waals surface area contributed by atoms with Crippen LogP contribution in [0.25, 0.3) is 0 Å². The summed E-state index contributed by atoms with van der Waals surface area (Å²) in [5.74, 6) is -0.231. The van der Waals surface area contributed by atoms with Gasteiger partial charge in [-0.25, -0.2) is 0 Å². The minimum absolute atomic E-state index is 0.0620. The van der Waals surface area contributed by atoms with Gasteiger partial charge in [-0.3, -0.25) is 9.59 Å². The topological polar surface area (TPSA) is 70.2 Å². The molecule has 1 aliphatic rings. The Morgan fingerprint density at radius 3 is 2.79 bits per heavy atom. The van der Waals surface area contributed by atoms with Crippen LogP contribution in [0.2, 0.25) is 0 Å². The van der Waals surface area contributed by atoms with Crippen LogP contribution in [0.4, 0.5) is 0 Å². The quantitative estimate of drug-likeness (QED) is 0.543. The predicted molar refractivity (Wildman–Crippen MR) is 52.7 cm³/mol. The number of rotatable bonds is 4. The van der Waals surface area contributed by atoms with Crippen molar-refractivity contribution in [3.05, 3.63) is 0 Å². The maximum Gasteiger partial charge on any atom is 0.239 e. The second-order valence-electron chi connectivity index (χ2n) is 3.45. The van der Waals surface area contributed by atoms with Gasteiger partial charge in [-0.1, -0.05) is 0 Å². The Morgan fingerprint density at radius 2 is 2.21 bits per heavy atom. The molecule has 0 aromatic heterocycles. The van der Waals surface area contributed by atoms with Crippen molar-refractivity contribution < 1.29 is 9.59 Å². The third-order valence-corrected chi connectivity index (χ3v) is 2.32. The molecule has 2 amide bonds. The van der Waals surface area contributed by atoms with E-state index in [1.54, 1.807) is 7.05 Å². The van der Waals surface area contributed by atoms with Gasteiger partial charge in [-0.15, -0.1) is 0 Å². The molecule has 1 aliphatic heterocycles. The molecule has 1 fully saturated rings. The van der Waals surface area contributed by atoms with Gasteiger partial charge in [0, 0.05) is 19.5 Å². The van der Waals surface area contributed by atoms with Crippen molar-refractivity contribution in [2.45, 2.75) is 25.3 Å². The Hall–Kier alpha value is -1.10. The van der Waals surface area contributed by atoms with E-state index in [1.165, 1.54) is 0 Å². The predicted octanol–water partition coefficient (Wildman–Crippen LogP) is -1.01. The van der Waals surface area contributed by atoms with Crippen molar-refractivity contribution >= 4 is 11.8 Å². The van der Waals surface area contributed by atoms with E-state index in [1.807, 2.05) is 0 Å². The molecule has 1 rings (SSSR count). The lowest BCUT2D eigenvalue weighted by Gasteiger charge is -2.09. The number of carbonyl (C=O) groups excluding carboxylic acids is 2. The number of hydrogen-bond donors (Lipinski definition) is 3. The first-order valence-corrected chi connectivity index (χ1v) is 4.93. The summed E-state index contributed by atoms with van der Waals surface area (Å²) in [6.07, 6.45) is 2.65. The number of hydrogen-bond acceptors (Lipinski definition) is 3. The monoisotopic (exact) mass is 199 g/mol. The molecule has 0 aromatic rings. The minimum Gasteiger partial charge on any atom is -0.358 e. The van der Waals surface area contributed by atoms with E-state index in [0.717, 1.165) is 19.4 Å². The molecule has 0 bridgehead atoms. The molecule has 1 unspecified atom stereocenters. The van der Waals surface area contributed by atoms with Crippen LogP contribution in [0, 0.1) is 0 Å². The summed E-state index contributed by atoms with van der Waals surface area (Å²) in [7, 11) is 1.55. The maximum atomic E-state index is 11.3. The first-order chi connectivity index (χ1) is 6.72. The van der Waals surface area contributed by atoms with E-state index in [4.69, 9.17) is 0 Å². The van der Waals surface area contributed by atoms with Crippen LogP contribution in [0.1, 0.15) is 19.3 Å². The molecule has 80 valence electrons. The molecule has 0 aromatic carbocycles. The SMILES string of the molecule is CNC(=O)CNC(=O)CC1CCCN1. The van der Waals surface area contributed by atoms with Gasteiger partial charge in [0.15, 0.2) is 0 Å². The Balaban J connectivity index is 2.12. The molecule has 1 saturated heterocycles. The first-order valence-electron chi connectivity index (χ1n) is 4.93. The number of nitrogens with one attached hydrogen (secondary N) is 3. The van der Waals surface area contributed by atoms with E-state index in [0.29, 0.717) is 12.5 Å². The molecular formula is C9H17N3O2. The van der Waals surface area contributed by atoms with Gasteiger partial charge in [0.25, 0.3) is 0 Å². The normalized spacial score (nSPS) is 20.5. The van der Waals surface area contributed by atoms with E-state index in [2.05, 4.69) is 16.0 Å². The van der Waals surface area contributed by atoms with Gasteiger partial charge in [-0.05, 0) is 19.4 Å². The summed E-state index contributed by atoms with van der Waals surface area (Å²) >= 11 is 0. The van der Waals surface area contributed by atoms with Crippen LogP contribution in [0.15, 0.2) is 0 Å². The highest BCUT2D eigenvalue weighted by Gasteiger charge is 2.17. The summed E-state index contributed by atoms with van der Waals surface area (Å²) < 4.78 is 0.